The van der Waals surface area contributed by atoms with Crippen molar-refractivity contribution in [3.63, 3.8) is 0 Å². The molecule has 0 bridgehead atoms. The van der Waals surface area contributed by atoms with Crippen molar-refractivity contribution in [3.8, 4) is 5.75 Å². The highest BCUT2D eigenvalue weighted by Gasteiger charge is 2.35. The second kappa shape index (κ2) is 4.72. The van der Waals surface area contributed by atoms with Gasteiger partial charge in [-0.2, -0.15) is 0 Å². The molecule has 0 radical (unpaired) electrons. The number of aromatic nitrogens is 1. The van der Waals surface area contributed by atoms with Crippen LogP contribution in [0.5, 0.6) is 5.75 Å². The van der Waals surface area contributed by atoms with Crippen molar-refractivity contribution in [2.24, 2.45) is 0 Å². The van der Waals surface area contributed by atoms with Gasteiger partial charge >= 0.3 is 6.09 Å². The van der Waals surface area contributed by atoms with Gasteiger partial charge in [0.2, 0.25) is 0 Å². The van der Waals surface area contributed by atoms with E-state index < -0.39 is 5.60 Å². The third-order valence-electron chi connectivity index (χ3n) is 2.91. The van der Waals surface area contributed by atoms with E-state index in [-0.39, 0.29) is 17.8 Å². The van der Waals surface area contributed by atoms with Crippen LogP contribution in [0.25, 0.3) is 0 Å². The number of pyridine rings is 1. The quantitative estimate of drug-likeness (QED) is 0.846. The molecule has 0 spiro atoms. The normalized spacial score (nSPS) is 16.1. The number of carbonyl (C=O) groups is 1. The van der Waals surface area contributed by atoms with Gasteiger partial charge in [-0.1, -0.05) is 0 Å². The smallest absolute Gasteiger partial charge is 0.410 e. The molecule has 104 valence electrons. The Morgan fingerprint density at radius 3 is 2.58 bits per heavy atom. The zero-order chi connectivity index (χ0) is 14.2. The largest absolute Gasteiger partial charge is 0.508 e. The van der Waals surface area contributed by atoms with Crippen LogP contribution in [0, 0.1) is 6.92 Å². The number of hydrogen-bond acceptors (Lipinski definition) is 4. The summed E-state index contributed by atoms with van der Waals surface area (Å²) >= 11 is 0. The van der Waals surface area contributed by atoms with Crippen LogP contribution >= 0.6 is 0 Å². The number of aryl methyl sites for hydroxylation is 1. The Morgan fingerprint density at radius 1 is 1.42 bits per heavy atom. The van der Waals surface area contributed by atoms with E-state index in [1.807, 2.05) is 27.7 Å². The van der Waals surface area contributed by atoms with Gasteiger partial charge in [-0.05, 0) is 27.7 Å². The number of aromatic hydroxyl groups is 1. The first kappa shape index (κ1) is 13.6. The number of ether oxygens (including phenoxy) is 1. The summed E-state index contributed by atoms with van der Waals surface area (Å²) in [5.74, 6) is 0.400. The summed E-state index contributed by atoms with van der Waals surface area (Å²) < 4.78 is 5.29. The Hall–Kier alpha value is -1.78. The molecule has 1 N–H and O–H groups in total. The summed E-state index contributed by atoms with van der Waals surface area (Å²) in [6, 6.07) is 3.28. The Labute approximate surface area is 113 Å². The molecular formula is C14H20N2O3. The lowest BCUT2D eigenvalue weighted by Crippen LogP contribution is -2.50. The first-order chi connectivity index (χ1) is 8.74. The van der Waals surface area contributed by atoms with Gasteiger partial charge < -0.3 is 14.7 Å². The Bertz CT molecular complexity index is 468. The lowest BCUT2D eigenvalue weighted by Gasteiger charge is -2.39. The molecule has 19 heavy (non-hydrogen) atoms. The van der Waals surface area contributed by atoms with Gasteiger partial charge in [-0.3, -0.25) is 4.98 Å². The van der Waals surface area contributed by atoms with Gasteiger partial charge in [0.05, 0.1) is 5.69 Å². The summed E-state index contributed by atoms with van der Waals surface area (Å²) in [7, 11) is 0. The molecule has 1 aromatic heterocycles. The molecule has 1 aromatic rings. The van der Waals surface area contributed by atoms with Crippen molar-refractivity contribution in [2.45, 2.75) is 39.2 Å². The van der Waals surface area contributed by atoms with Gasteiger partial charge in [0.25, 0.3) is 0 Å². The third kappa shape index (κ3) is 3.36. The zero-order valence-corrected chi connectivity index (χ0v) is 11.8. The summed E-state index contributed by atoms with van der Waals surface area (Å²) in [5, 5.41) is 9.55. The molecule has 0 saturated carbocycles. The van der Waals surface area contributed by atoms with Gasteiger partial charge in [0.1, 0.15) is 11.4 Å². The maximum absolute atomic E-state index is 11.8. The van der Waals surface area contributed by atoms with Gasteiger partial charge in [0.15, 0.2) is 0 Å². The Kier molecular flexibility index (Phi) is 3.39. The van der Waals surface area contributed by atoms with E-state index in [2.05, 4.69) is 4.98 Å². The highest BCUT2D eigenvalue weighted by molar-refractivity contribution is 5.69. The number of likely N-dealkylation sites (tertiary alicyclic amines) is 1. The minimum atomic E-state index is -0.470. The van der Waals surface area contributed by atoms with Crippen molar-refractivity contribution >= 4 is 6.09 Å². The van der Waals surface area contributed by atoms with Crippen molar-refractivity contribution in [1.29, 1.82) is 0 Å². The maximum Gasteiger partial charge on any atom is 0.410 e. The highest BCUT2D eigenvalue weighted by atomic mass is 16.6. The van der Waals surface area contributed by atoms with Crippen molar-refractivity contribution in [2.75, 3.05) is 13.1 Å². The predicted octanol–water partition coefficient (Wildman–Crippen LogP) is 2.43. The molecule has 5 heteroatoms. The fraction of sp³-hybridized carbons (Fsp3) is 0.571. The Balaban J connectivity index is 1.94. The summed E-state index contributed by atoms with van der Waals surface area (Å²) in [5.41, 5.74) is 1.14. The molecule has 2 heterocycles. The molecule has 2 rings (SSSR count). The van der Waals surface area contributed by atoms with E-state index in [1.165, 1.54) is 0 Å². The second-order valence-corrected chi connectivity index (χ2v) is 5.97. The van der Waals surface area contributed by atoms with E-state index in [4.69, 9.17) is 4.74 Å². The van der Waals surface area contributed by atoms with E-state index in [1.54, 1.807) is 17.0 Å². The van der Waals surface area contributed by atoms with Gasteiger partial charge in [-0.25, -0.2) is 4.79 Å². The topological polar surface area (TPSA) is 62.7 Å². The summed E-state index contributed by atoms with van der Waals surface area (Å²) in [6.45, 7) is 8.57. The number of carbonyl (C=O) groups excluding carboxylic acids is 1. The molecule has 0 aromatic carbocycles. The van der Waals surface area contributed by atoms with Gasteiger partial charge in [-0.15, -0.1) is 0 Å². The minimum Gasteiger partial charge on any atom is -0.508 e. The van der Waals surface area contributed by atoms with Crippen molar-refractivity contribution in [1.82, 2.24) is 9.88 Å². The van der Waals surface area contributed by atoms with Crippen LogP contribution in [0.15, 0.2) is 12.1 Å². The van der Waals surface area contributed by atoms with Gasteiger partial charge in [0, 0.05) is 36.8 Å². The lowest BCUT2D eigenvalue weighted by molar-refractivity contribution is 0.00787. The second-order valence-electron chi connectivity index (χ2n) is 5.97. The Morgan fingerprint density at radius 2 is 2.05 bits per heavy atom. The standard InChI is InChI=1S/C14H20N2O3/c1-9-5-11(17)6-12(15-9)10-7-16(8-10)13(18)19-14(2,3)4/h5-6,10H,7-8H2,1-4H3,(H,15,17). The molecule has 1 fully saturated rings. The van der Waals surface area contributed by atoms with Crippen LogP contribution in [0.2, 0.25) is 0 Å². The molecule has 1 saturated heterocycles. The molecule has 5 nitrogen and oxygen atoms in total. The fourth-order valence-electron chi connectivity index (χ4n) is 2.03. The molecule has 1 aliphatic rings. The molecule has 1 aliphatic heterocycles. The summed E-state index contributed by atoms with van der Waals surface area (Å²) in [4.78, 5) is 17.8. The van der Waals surface area contributed by atoms with Crippen LogP contribution in [0.4, 0.5) is 4.79 Å². The number of hydrogen-bond donors (Lipinski definition) is 1. The SMILES string of the molecule is Cc1cc(O)cc(C2CN(C(=O)OC(C)(C)C)C2)n1. The lowest BCUT2D eigenvalue weighted by atomic mass is 9.96. The first-order valence-electron chi connectivity index (χ1n) is 6.40. The first-order valence-corrected chi connectivity index (χ1v) is 6.40. The van der Waals surface area contributed by atoms with Crippen molar-refractivity contribution in [3.05, 3.63) is 23.5 Å². The van der Waals surface area contributed by atoms with E-state index >= 15 is 0 Å². The minimum absolute atomic E-state index is 0.179. The van der Waals surface area contributed by atoms with Crippen LogP contribution in [-0.2, 0) is 4.74 Å². The number of nitrogens with zero attached hydrogens (tertiary/aromatic N) is 2. The molecule has 1 amide bonds. The van der Waals surface area contributed by atoms with Crippen LogP contribution in [-0.4, -0.2) is 39.8 Å². The van der Waals surface area contributed by atoms with Crippen molar-refractivity contribution < 1.29 is 14.6 Å². The van der Waals surface area contributed by atoms with E-state index in [0.29, 0.717) is 13.1 Å². The molecule has 0 unspecified atom stereocenters. The third-order valence-corrected chi connectivity index (χ3v) is 2.91. The van der Waals surface area contributed by atoms with Crippen LogP contribution in [0.1, 0.15) is 38.1 Å². The van der Waals surface area contributed by atoms with E-state index in [0.717, 1.165) is 11.4 Å². The van der Waals surface area contributed by atoms with E-state index in [9.17, 15) is 9.90 Å². The maximum atomic E-state index is 11.8. The number of rotatable bonds is 1. The molecule has 0 aliphatic carbocycles. The average Bonchev–Trinajstić information content (AvgIpc) is 2.09. The monoisotopic (exact) mass is 264 g/mol. The zero-order valence-electron chi connectivity index (χ0n) is 11.8. The molecular weight excluding hydrogens is 244 g/mol. The summed E-state index contributed by atoms with van der Waals surface area (Å²) in [6.07, 6.45) is -0.291. The van der Waals surface area contributed by atoms with Crippen LogP contribution in [0.3, 0.4) is 0 Å². The highest BCUT2D eigenvalue weighted by Crippen LogP contribution is 2.29. The van der Waals surface area contributed by atoms with Crippen LogP contribution < -0.4 is 0 Å². The average molecular weight is 264 g/mol. The predicted molar refractivity (Wildman–Crippen MR) is 71.2 cm³/mol. The number of amides is 1. The molecule has 0 atom stereocenters. The fourth-order valence-corrected chi connectivity index (χ4v) is 2.03.